The lowest BCUT2D eigenvalue weighted by Gasteiger charge is -2.14. The molecule has 0 aliphatic rings. The van der Waals surface area contributed by atoms with Gasteiger partial charge in [-0.05, 0) is 35.7 Å². The first-order valence-electron chi connectivity index (χ1n) is 6.84. The highest BCUT2D eigenvalue weighted by molar-refractivity contribution is 6.33. The Morgan fingerprint density at radius 1 is 1.35 bits per heavy atom. The average molecular weight is 343 g/mol. The van der Waals surface area contributed by atoms with Crippen LogP contribution in [0.5, 0.6) is 0 Å². The fourth-order valence-electron chi connectivity index (χ4n) is 2.06. The molecular weight excluding hydrogens is 329 g/mol. The number of carbonyl (C=O) groups is 1. The molecule has 7 heteroatoms. The van der Waals surface area contributed by atoms with Gasteiger partial charge in [0.15, 0.2) is 0 Å². The molecule has 1 aromatic heterocycles. The molecule has 0 saturated carbocycles. The molecule has 0 aliphatic carbocycles. The summed E-state index contributed by atoms with van der Waals surface area (Å²) in [6.45, 7) is 1.84. The van der Waals surface area contributed by atoms with Crippen LogP contribution in [0.1, 0.15) is 30.4 Å². The first-order chi connectivity index (χ1) is 10.8. The summed E-state index contributed by atoms with van der Waals surface area (Å²) < 4.78 is 38.1. The molecule has 1 aromatic carbocycles. The van der Waals surface area contributed by atoms with E-state index in [9.17, 15) is 18.0 Å². The Hall–Kier alpha value is -2.08. The van der Waals surface area contributed by atoms with Crippen LogP contribution >= 0.6 is 11.6 Å². The van der Waals surface area contributed by atoms with Crippen molar-refractivity contribution in [2.24, 2.45) is 0 Å². The minimum Gasteiger partial charge on any atom is -0.325 e. The van der Waals surface area contributed by atoms with Gasteiger partial charge in [0, 0.05) is 18.8 Å². The number of alkyl halides is 3. The minimum absolute atomic E-state index is 0.0510. The van der Waals surface area contributed by atoms with Gasteiger partial charge in [0.2, 0.25) is 5.91 Å². The third kappa shape index (κ3) is 4.69. The van der Waals surface area contributed by atoms with Crippen LogP contribution < -0.4 is 5.32 Å². The number of benzene rings is 1. The van der Waals surface area contributed by atoms with Crippen molar-refractivity contribution in [3.63, 3.8) is 0 Å². The number of aromatic nitrogens is 1. The third-order valence-corrected chi connectivity index (χ3v) is 3.64. The highest BCUT2D eigenvalue weighted by Gasteiger charge is 2.31. The van der Waals surface area contributed by atoms with Crippen molar-refractivity contribution in [2.45, 2.75) is 25.4 Å². The molecule has 0 radical (unpaired) electrons. The molecule has 0 aliphatic heterocycles. The first kappa shape index (κ1) is 17.3. The molecule has 1 amide bonds. The smallest absolute Gasteiger partial charge is 0.325 e. The number of rotatable bonds is 4. The first-order valence-corrected chi connectivity index (χ1v) is 7.21. The highest BCUT2D eigenvalue weighted by atomic mass is 35.5. The lowest BCUT2D eigenvalue weighted by Crippen LogP contribution is -2.15. The average Bonchev–Trinajstić information content (AvgIpc) is 2.49. The van der Waals surface area contributed by atoms with Gasteiger partial charge in [0.25, 0.3) is 0 Å². The summed E-state index contributed by atoms with van der Waals surface area (Å²) in [4.78, 5) is 16.0. The number of nitrogens with one attached hydrogen (secondary N) is 1. The van der Waals surface area contributed by atoms with Crippen molar-refractivity contribution in [3.05, 3.63) is 58.9 Å². The number of hydrogen-bond donors (Lipinski definition) is 1. The third-order valence-electron chi connectivity index (χ3n) is 3.31. The van der Waals surface area contributed by atoms with Gasteiger partial charge in [-0.15, -0.1) is 0 Å². The van der Waals surface area contributed by atoms with E-state index in [2.05, 4.69) is 10.3 Å². The Bertz CT molecular complexity index is 689. The van der Waals surface area contributed by atoms with Crippen LogP contribution in [-0.4, -0.2) is 10.9 Å². The van der Waals surface area contributed by atoms with Crippen LogP contribution in [0.15, 0.2) is 42.7 Å². The SMILES string of the molecule is CC(CC(=O)Nc1cc(C(F)(F)F)ccc1Cl)c1cccnc1. The number of pyridine rings is 1. The zero-order valence-electron chi connectivity index (χ0n) is 12.2. The standard InChI is InChI=1S/C16H14ClF3N2O/c1-10(11-3-2-6-21-9-11)7-15(23)22-14-8-12(16(18,19)20)4-5-13(14)17/h2-6,8-10H,7H2,1H3,(H,22,23). The summed E-state index contributed by atoms with van der Waals surface area (Å²) in [6.07, 6.45) is -1.11. The number of carbonyl (C=O) groups excluding carboxylic acids is 1. The molecule has 122 valence electrons. The number of anilines is 1. The molecule has 0 fully saturated rings. The maximum Gasteiger partial charge on any atom is 0.416 e. The second-order valence-corrected chi connectivity index (χ2v) is 5.54. The summed E-state index contributed by atoms with van der Waals surface area (Å²) in [5.41, 5.74) is -0.0415. The van der Waals surface area contributed by atoms with Crippen molar-refractivity contribution >= 4 is 23.2 Å². The van der Waals surface area contributed by atoms with E-state index >= 15 is 0 Å². The van der Waals surface area contributed by atoms with Crippen molar-refractivity contribution < 1.29 is 18.0 Å². The van der Waals surface area contributed by atoms with Gasteiger partial charge in [0.05, 0.1) is 16.3 Å². The molecule has 0 spiro atoms. The number of amides is 1. The van der Waals surface area contributed by atoms with Crippen LogP contribution in [0.3, 0.4) is 0 Å². The molecule has 23 heavy (non-hydrogen) atoms. The summed E-state index contributed by atoms with van der Waals surface area (Å²) >= 11 is 5.85. The number of hydrogen-bond acceptors (Lipinski definition) is 2. The monoisotopic (exact) mass is 342 g/mol. The predicted octanol–water partition coefficient (Wildman–Crippen LogP) is 4.89. The molecule has 1 atom stereocenters. The molecule has 1 heterocycles. The van der Waals surface area contributed by atoms with Gasteiger partial charge in [0.1, 0.15) is 0 Å². The maximum atomic E-state index is 12.7. The molecule has 1 N–H and O–H groups in total. The lowest BCUT2D eigenvalue weighted by molar-refractivity contribution is -0.137. The lowest BCUT2D eigenvalue weighted by atomic mass is 9.99. The molecule has 0 saturated heterocycles. The summed E-state index contributed by atoms with van der Waals surface area (Å²) in [7, 11) is 0. The second-order valence-electron chi connectivity index (χ2n) is 5.13. The Morgan fingerprint density at radius 2 is 2.09 bits per heavy atom. The molecular formula is C16H14ClF3N2O. The van der Waals surface area contributed by atoms with E-state index in [4.69, 9.17) is 11.6 Å². The van der Waals surface area contributed by atoms with E-state index in [1.54, 1.807) is 18.5 Å². The zero-order chi connectivity index (χ0) is 17.0. The molecule has 3 nitrogen and oxygen atoms in total. The highest BCUT2D eigenvalue weighted by Crippen LogP contribution is 2.34. The van der Waals surface area contributed by atoms with E-state index in [1.165, 1.54) is 0 Å². The fraction of sp³-hybridized carbons (Fsp3) is 0.250. The Morgan fingerprint density at radius 3 is 2.70 bits per heavy atom. The maximum absolute atomic E-state index is 12.7. The van der Waals surface area contributed by atoms with Crippen LogP contribution in [0, 0.1) is 0 Å². The van der Waals surface area contributed by atoms with Crippen LogP contribution in [0.2, 0.25) is 5.02 Å². The summed E-state index contributed by atoms with van der Waals surface area (Å²) in [5.74, 6) is -0.532. The molecule has 2 rings (SSSR count). The zero-order valence-corrected chi connectivity index (χ0v) is 12.9. The number of nitrogens with zero attached hydrogens (tertiary/aromatic N) is 1. The predicted molar refractivity (Wildman–Crippen MR) is 82.4 cm³/mol. The van der Waals surface area contributed by atoms with Crippen molar-refractivity contribution in [1.82, 2.24) is 4.98 Å². The van der Waals surface area contributed by atoms with E-state index in [0.717, 1.165) is 23.8 Å². The molecule has 1 unspecified atom stereocenters. The van der Waals surface area contributed by atoms with E-state index in [-0.39, 0.29) is 23.0 Å². The van der Waals surface area contributed by atoms with Gasteiger partial charge in [-0.2, -0.15) is 13.2 Å². The Labute approximate surface area is 136 Å². The van der Waals surface area contributed by atoms with Gasteiger partial charge in [-0.1, -0.05) is 24.6 Å². The van der Waals surface area contributed by atoms with Crippen molar-refractivity contribution in [3.8, 4) is 0 Å². The van der Waals surface area contributed by atoms with Gasteiger partial charge < -0.3 is 5.32 Å². The van der Waals surface area contributed by atoms with Gasteiger partial charge >= 0.3 is 6.18 Å². The van der Waals surface area contributed by atoms with Crippen molar-refractivity contribution in [2.75, 3.05) is 5.32 Å². The second kappa shape index (κ2) is 7.00. The van der Waals surface area contributed by atoms with Crippen LogP contribution in [0.4, 0.5) is 18.9 Å². The molecule has 0 bridgehead atoms. The van der Waals surface area contributed by atoms with Crippen LogP contribution in [-0.2, 0) is 11.0 Å². The van der Waals surface area contributed by atoms with Crippen molar-refractivity contribution in [1.29, 1.82) is 0 Å². The summed E-state index contributed by atoms with van der Waals surface area (Å²) in [5, 5.41) is 2.49. The van der Waals surface area contributed by atoms with E-state index < -0.39 is 17.6 Å². The summed E-state index contributed by atoms with van der Waals surface area (Å²) in [6, 6.07) is 6.41. The number of halogens is 4. The topological polar surface area (TPSA) is 42.0 Å². The Kier molecular flexibility index (Phi) is 5.26. The van der Waals surface area contributed by atoms with Gasteiger partial charge in [-0.3, -0.25) is 9.78 Å². The quantitative estimate of drug-likeness (QED) is 0.859. The fourth-order valence-corrected chi connectivity index (χ4v) is 2.23. The van der Waals surface area contributed by atoms with E-state index in [1.807, 2.05) is 13.0 Å². The normalized spacial score (nSPS) is 12.7. The minimum atomic E-state index is -4.49. The van der Waals surface area contributed by atoms with Crippen LogP contribution in [0.25, 0.3) is 0 Å². The molecule has 2 aromatic rings. The largest absolute Gasteiger partial charge is 0.416 e. The Balaban J connectivity index is 2.08. The van der Waals surface area contributed by atoms with Gasteiger partial charge in [-0.25, -0.2) is 0 Å². The van der Waals surface area contributed by atoms with E-state index in [0.29, 0.717) is 0 Å².